The molecule has 0 aliphatic rings. The molecule has 2 heterocycles. The fourth-order valence-corrected chi connectivity index (χ4v) is 4.64. The summed E-state index contributed by atoms with van der Waals surface area (Å²) in [6, 6.07) is 9.66. The minimum atomic E-state index is -0.448. The highest BCUT2D eigenvalue weighted by atomic mass is 79.9. The Morgan fingerprint density at radius 1 is 1.24 bits per heavy atom. The van der Waals surface area contributed by atoms with E-state index < -0.39 is 5.91 Å². The summed E-state index contributed by atoms with van der Waals surface area (Å²) in [6.07, 6.45) is 7.18. The van der Waals surface area contributed by atoms with Crippen molar-refractivity contribution in [3.8, 4) is 5.75 Å². The van der Waals surface area contributed by atoms with Gasteiger partial charge < -0.3 is 26.0 Å². The summed E-state index contributed by atoms with van der Waals surface area (Å²) in [7, 11) is 0. The number of hydrogen-bond acceptors (Lipinski definition) is 6. The number of oxime groups is 1. The molecule has 0 aliphatic heterocycles. The van der Waals surface area contributed by atoms with E-state index in [2.05, 4.69) is 56.9 Å². The number of nitrogens with one attached hydrogen (secondary N) is 2. The molecule has 0 saturated carbocycles. The largest absolute Gasteiger partial charge is 0.491 e. The van der Waals surface area contributed by atoms with Crippen LogP contribution in [0.5, 0.6) is 5.75 Å². The Labute approximate surface area is 208 Å². The number of nitrogens with two attached hydrogens (primary N) is 1. The number of amides is 1. The van der Waals surface area contributed by atoms with Crippen LogP contribution in [0, 0.1) is 0 Å². The Balaban J connectivity index is 1.51. The number of imidazole rings is 1. The molecule has 0 aliphatic carbocycles. The van der Waals surface area contributed by atoms with E-state index in [1.165, 1.54) is 0 Å². The van der Waals surface area contributed by atoms with Gasteiger partial charge in [0.15, 0.2) is 24.9 Å². The van der Waals surface area contributed by atoms with E-state index in [1.54, 1.807) is 6.20 Å². The van der Waals surface area contributed by atoms with E-state index in [1.807, 2.05) is 42.7 Å². The number of rotatable bonds is 11. The molecule has 174 valence electrons. The number of nitrogens with zero attached hydrogens (tertiary/aromatic N) is 3. The normalized spacial score (nSPS) is 11.4. The maximum absolute atomic E-state index is 12.4. The van der Waals surface area contributed by atoms with Gasteiger partial charge in [0.05, 0.1) is 21.7 Å². The molecule has 11 heteroatoms. The van der Waals surface area contributed by atoms with Gasteiger partial charge in [0.25, 0.3) is 5.91 Å². The number of carbonyl (C=O) groups is 1. The molecule has 0 fully saturated rings. The first-order chi connectivity index (χ1) is 16.0. The van der Waals surface area contributed by atoms with Crippen LogP contribution in [0.15, 0.2) is 63.0 Å². The molecule has 0 saturated heterocycles. The first kappa shape index (κ1) is 24.7. The zero-order valence-corrected chi connectivity index (χ0v) is 21.0. The number of hydrogen-bond donors (Lipinski definition) is 4. The number of ether oxygens (including phenoxy) is 1. The van der Waals surface area contributed by atoms with E-state index in [-0.39, 0.29) is 12.1 Å². The highest BCUT2D eigenvalue weighted by molar-refractivity contribution is 9.11. The van der Waals surface area contributed by atoms with Crippen molar-refractivity contribution < 1.29 is 19.3 Å². The molecule has 0 atom stereocenters. The van der Waals surface area contributed by atoms with Crippen molar-refractivity contribution in [1.82, 2.24) is 15.3 Å². The Morgan fingerprint density at radius 3 is 2.61 bits per heavy atom. The van der Waals surface area contributed by atoms with Crippen LogP contribution in [-0.2, 0) is 24.2 Å². The Bertz CT molecular complexity index is 1080. The molecule has 0 radical (unpaired) electrons. The number of aryl methyl sites for hydroxylation is 1. The maximum atomic E-state index is 12.4. The molecule has 1 aromatic carbocycles. The van der Waals surface area contributed by atoms with Gasteiger partial charge in [-0.25, -0.2) is 9.55 Å². The van der Waals surface area contributed by atoms with Crippen molar-refractivity contribution in [2.45, 2.75) is 25.8 Å². The number of aromatic nitrogens is 3. The zero-order chi connectivity index (χ0) is 23.6. The SMILES string of the molecule is Nc1ncc(CCNC(=O)C(Cc2cc(Br)c(OCCC[n+]3ccccc3)c(Br)c2)=NO)[nH]1. The number of carbonyl (C=O) groups excluding carboxylic acids is 1. The lowest BCUT2D eigenvalue weighted by atomic mass is 10.1. The molecule has 1 amide bonds. The van der Waals surface area contributed by atoms with Crippen LogP contribution in [0.4, 0.5) is 5.95 Å². The van der Waals surface area contributed by atoms with Crippen molar-refractivity contribution in [2.24, 2.45) is 5.16 Å². The number of anilines is 1. The summed E-state index contributed by atoms with van der Waals surface area (Å²) in [6.45, 7) is 1.75. The predicted molar refractivity (Wildman–Crippen MR) is 131 cm³/mol. The highest BCUT2D eigenvalue weighted by Crippen LogP contribution is 2.35. The molecule has 0 bridgehead atoms. The van der Waals surface area contributed by atoms with Gasteiger partial charge in [-0.1, -0.05) is 11.2 Å². The summed E-state index contributed by atoms with van der Waals surface area (Å²) in [5.74, 6) is 0.561. The molecule has 3 rings (SSSR count). The molecule has 0 unspecified atom stereocenters. The highest BCUT2D eigenvalue weighted by Gasteiger charge is 2.16. The number of nitrogen functional groups attached to an aromatic ring is 1. The maximum Gasteiger partial charge on any atom is 0.269 e. The second-order valence-corrected chi connectivity index (χ2v) is 8.94. The first-order valence-electron chi connectivity index (χ1n) is 10.3. The van der Waals surface area contributed by atoms with Gasteiger partial charge in [-0.2, -0.15) is 0 Å². The third kappa shape index (κ3) is 7.57. The van der Waals surface area contributed by atoms with Gasteiger partial charge in [0.2, 0.25) is 0 Å². The van der Waals surface area contributed by atoms with E-state index in [0.717, 1.165) is 33.2 Å². The lowest BCUT2D eigenvalue weighted by Gasteiger charge is -2.12. The third-order valence-electron chi connectivity index (χ3n) is 4.72. The van der Waals surface area contributed by atoms with Gasteiger partial charge >= 0.3 is 0 Å². The lowest BCUT2D eigenvalue weighted by Crippen LogP contribution is -2.33. The molecule has 5 N–H and O–H groups in total. The summed E-state index contributed by atoms with van der Waals surface area (Å²) in [5.41, 5.74) is 7.13. The van der Waals surface area contributed by atoms with E-state index in [0.29, 0.717) is 31.3 Å². The van der Waals surface area contributed by atoms with Gasteiger partial charge in [-0.15, -0.1) is 0 Å². The van der Waals surface area contributed by atoms with Crippen LogP contribution in [-0.4, -0.2) is 39.9 Å². The van der Waals surface area contributed by atoms with Crippen LogP contribution >= 0.6 is 31.9 Å². The monoisotopic (exact) mass is 579 g/mol. The molecule has 2 aromatic heterocycles. The lowest BCUT2D eigenvalue weighted by molar-refractivity contribution is -0.697. The fraction of sp³-hybridized carbons (Fsp3) is 0.273. The van der Waals surface area contributed by atoms with Crippen LogP contribution in [0.1, 0.15) is 17.7 Å². The number of halogens is 2. The Morgan fingerprint density at radius 2 is 1.97 bits per heavy atom. The van der Waals surface area contributed by atoms with Gasteiger partial charge in [0, 0.05) is 43.6 Å². The van der Waals surface area contributed by atoms with Crippen LogP contribution in [0.2, 0.25) is 0 Å². The predicted octanol–water partition coefficient (Wildman–Crippen LogP) is 3.01. The smallest absolute Gasteiger partial charge is 0.269 e. The number of benzene rings is 1. The molecular weight excluding hydrogens is 556 g/mol. The summed E-state index contributed by atoms with van der Waals surface area (Å²) in [5, 5.41) is 15.3. The summed E-state index contributed by atoms with van der Waals surface area (Å²) in [4.78, 5) is 19.2. The van der Waals surface area contributed by atoms with E-state index >= 15 is 0 Å². The van der Waals surface area contributed by atoms with Crippen molar-refractivity contribution in [3.05, 3.63) is 69.1 Å². The van der Waals surface area contributed by atoms with Crippen LogP contribution < -0.4 is 20.4 Å². The Kier molecular flexibility index (Phi) is 9.25. The minimum absolute atomic E-state index is 0.00600. The average molecular weight is 581 g/mol. The summed E-state index contributed by atoms with van der Waals surface area (Å²) >= 11 is 7.06. The molecule has 9 nitrogen and oxygen atoms in total. The topological polar surface area (TPSA) is 130 Å². The molecule has 3 aromatic rings. The minimum Gasteiger partial charge on any atom is -0.491 e. The molecule has 33 heavy (non-hydrogen) atoms. The molecular formula is C22H25Br2N6O3+. The van der Waals surface area contributed by atoms with Gasteiger partial charge in [-0.05, 0) is 49.6 Å². The number of H-pyrrole nitrogens is 1. The van der Waals surface area contributed by atoms with Gasteiger partial charge in [0.1, 0.15) is 11.5 Å². The fourth-order valence-electron chi connectivity index (χ4n) is 3.13. The second kappa shape index (κ2) is 12.4. The second-order valence-electron chi connectivity index (χ2n) is 7.23. The number of aromatic amines is 1. The van der Waals surface area contributed by atoms with E-state index in [4.69, 9.17) is 10.5 Å². The third-order valence-corrected chi connectivity index (χ3v) is 5.90. The van der Waals surface area contributed by atoms with Gasteiger partial charge in [-0.3, -0.25) is 4.79 Å². The van der Waals surface area contributed by atoms with Crippen molar-refractivity contribution >= 4 is 49.4 Å². The standard InChI is InChI=1S/C22H24Br2N6O3/c23-17-11-15(12-18(24)20(17)33-10-4-9-30-7-2-1-3-8-30)13-19(29-32)21(31)26-6-5-16-14-27-22(25)28-16/h1-3,7-8,11-12,14H,4-6,9-10,13H2,(H4-,25,26,27,28,29,31,32)/p+1. The van der Waals surface area contributed by atoms with Crippen LogP contribution in [0.25, 0.3) is 0 Å². The van der Waals surface area contributed by atoms with Crippen molar-refractivity contribution in [3.63, 3.8) is 0 Å². The number of pyridine rings is 1. The Hall–Kier alpha value is -2.92. The van der Waals surface area contributed by atoms with E-state index in [9.17, 15) is 10.0 Å². The van der Waals surface area contributed by atoms with Crippen molar-refractivity contribution in [2.75, 3.05) is 18.9 Å². The first-order valence-corrected chi connectivity index (χ1v) is 11.9. The van der Waals surface area contributed by atoms with Crippen LogP contribution in [0.3, 0.4) is 0 Å². The average Bonchev–Trinajstić information content (AvgIpc) is 3.22. The van der Waals surface area contributed by atoms with Crippen molar-refractivity contribution in [1.29, 1.82) is 0 Å². The zero-order valence-electron chi connectivity index (χ0n) is 17.8. The quantitative estimate of drug-likeness (QED) is 0.0911. The molecule has 0 spiro atoms. The summed E-state index contributed by atoms with van der Waals surface area (Å²) < 4.78 is 9.52.